The second-order valence-electron chi connectivity index (χ2n) is 8.98. The summed E-state index contributed by atoms with van der Waals surface area (Å²) in [6.45, 7) is 0.213. The van der Waals surface area contributed by atoms with E-state index in [-0.39, 0.29) is 13.2 Å². The van der Waals surface area contributed by atoms with Crippen molar-refractivity contribution < 1.29 is 27.4 Å². The third-order valence-electron chi connectivity index (χ3n) is 6.67. The molecule has 0 N–H and O–H groups in total. The molecule has 1 aliphatic heterocycles. The van der Waals surface area contributed by atoms with Crippen LogP contribution < -0.4 is 10.7 Å². The molecule has 2 atom stereocenters. The SMILES string of the molecule is COC/C=C/OC[C@H]1/C(=[CH]/[Sn]([c]2ccccc2)([c]2ccccc2)[c]2ccccc2)CCO[C@H]1C(F)(F)F. The summed E-state index contributed by atoms with van der Waals surface area (Å²) in [6.07, 6.45) is -2.96. The molecule has 0 spiro atoms. The van der Waals surface area contributed by atoms with Crippen LogP contribution in [-0.4, -0.2) is 57.6 Å². The van der Waals surface area contributed by atoms with E-state index in [1.807, 2.05) is 54.6 Å². The molecule has 7 heteroatoms. The van der Waals surface area contributed by atoms with Gasteiger partial charge >= 0.3 is 221 Å². The van der Waals surface area contributed by atoms with Gasteiger partial charge in [0, 0.05) is 0 Å². The van der Waals surface area contributed by atoms with Gasteiger partial charge in [-0.15, -0.1) is 0 Å². The fourth-order valence-electron chi connectivity index (χ4n) is 4.99. The number of rotatable bonds is 9. The number of ether oxygens (including phenoxy) is 3. The Hall–Kier alpha value is -2.55. The Morgan fingerprint density at radius 1 is 0.865 bits per heavy atom. The minimum absolute atomic E-state index is 0.0202. The summed E-state index contributed by atoms with van der Waals surface area (Å²) in [4.78, 5) is 0. The van der Waals surface area contributed by atoms with E-state index in [9.17, 15) is 13.2 Å². The normalized spacial score (nSPS) is 19.8. The molecule has 0 amide bonds. The van der Waals surface area contributed by atoms with Crippen LogP contribution in [0.5, 0.6) is 0 Å². The fraction of sp³-hybridized carbons (Fsp3) is 0.267. The van der Waals surface area contributed by atoms with E-state index in [4.69, 9.17) is 14.2 Å². The zero-order valence-corrected chi connectivity index (χ0v) is 23.6. The average Bonchev–Trinajstić information content (AvgIpc) is 2.93. The summed E-state index contributed by atoms with van der Waals surface area (Å²) >= 11 is -3.94. The summed E-state index contributed by atoms with van der Waals surface area (Å²) in [5, 5.41) is 0. The molecular formula is C30H31F3O3Sn. The van der Waals surface area contributed by atoms with Crippen LogP contribution in [0, 0.1) is 5.92 Å². The monoisotopic (exact) mass is 616 g/mol. The number of halogens is 3. The van der Waals surface area contributed by atoms with Crippen molar-refractivity contribution in [3.05, 3.63) is 113 Å². The molecule has 1 aliphatic rings. The summed E-state index contributed by atoms with van der Waals surface area (Å²) in [5.74, 6) is -0.951. The molecule has 194 valence electrons. The van der Waals surface area contributed by atoms with Gasteiger partial charge in [-0.2, -0.15) is 0 Å². The molecule has 0 unspecified atom stereocenters. The maximum absolute atomic E-state index is 14.2. The van der Waals surface area contributed by atoms with E-state index in [2.05, 4.69) is 40.5 Å². The summed E-state index contributed by atoms with van der Waals surface area (Å²) in [6, 6.07) is 30.7. The number of methoxy groups -OCH3 is 1. The van der Waals surface area contributed by atoms with E-state index in [1.54, 1.807) is 13.2 Å². The van der Waals surface area contributed by atoms with Crippen LogP contribution >= 0.6 is 0 Å². The van der Waals surface area contributed by atoms with E-state index in [0.717, 1.165) is 5.57 Å². The van der Waals surface area contributed by atoms with E-state index < -0.39 is 36.6 Å². The van der Waals surface area contributed by atoms with Gasteiger partial charge in [0.05, 0.1) is 0 Å². The Kier molecular flexibility index (Phi) is 9.51. The van der Waals surface area contributed by atoms with Crippen molar-refractivity contribution in [2.75, 3.05) is 26.9 Å². The van der Waals surface area contributed by atoms with Crippen molar-refractivity contribution in [3.8, 4) is 0 Å². The number of alkyl halides is 3. The summed E-state index contributed by atoms with van der Waals surface area (Å²) < 4.78 is 64.2. The van der Waals surface area contributed by atoms with Gasteiger partial charge < -0.3 is 0 Å². The quantitative estimate of drug-likeness (QED) is 0.257. The topological polar surface area (TPSA) is 27.7 Å². The first-order valence-electron chi connectivity index (χ1n) is 12.3. The van der Waals surface area contributed by atoms with Gasteiger partial charge in [-0.25, -0.2) is 0 Å². The molecule has 3 aromatic rings. The molecular weight excluding hydrogens is 584 g/mol. The molecule has 1 fully saturated rings. The molecule has 0 aliphatic carbocycles. The van der Waals surface area contributed by atoms with Crippen molar-refractivity contribution in [1.29, 1.82) is 0 Å². The molecule has 0 radical (unpaired) electrons. The van der Waals surface area contributed by atoms with E-state index in [1.165, 1.54) is 17.0 Å². The fourth-order valence-corrected chi connectivity index (χ4v) is 18.0. The van der Waals surface area contributed by atoms with Crippen LogP contribution in [-0.2, 0) is 14.2 Å². The molecule has 1 heterocycles. The Morgan fingerprint density at radius 3 is 1.84 bits per heavy atom. The van der Waals surface area contributed by atoms with Crippen molar-refractivity contribution >= 4 is 29.1 Å². The van der Waals surface area contributed by atoms with Crippen molar-refractivity contribution in [1.82, 2.24) is 0 Å². The molecule has 3 aromatic carbocycles. The molecule has 3 nitrogen and oxygen atoms in total. The second kappa shape index (κ2) is 12.8. The van der Waals surface area contributed by atoms with Crippen LogP contribution in [0.2, 0.25) is 0 Å². The third-order valence-corrected chi connectivity index (χ3v) is 19.6. The standard InChI is InChI=1S/C12H16F3O3.3C6H5.Sn/c1-9-4-7-18-11(12(13,14)15)10(9)8-17-6-3-5-16-2;3*1-2-4-6-5-3-1;/h1,3,6,10-11H,4-5,7-8H2,2H3;3*1-5H;/b6-3+,9-1?;;;;/t10-,11+;;;;/m0..../s1. The van der Waals surface area contributed by atoms with Gasteiger partial charge in [0.1, 0.15) is 0 Å². The first-order chi connectivity index (χ1) is 18.0. The molecule has 0 bridgehead atoms. The van der Waals surface area contributed by atoms with Gasteiger partial charge in [0.25, 0.3) is 0 Å². The minimum atomic E-state index is -4.51. The Morgan fingerprint density at radius 2 is 1.38 bits per heavy atom. The zero-order chi connectivity index (χ0) is 26.1. The second-order valence-corrected chi connectivity index (χ2v) is 19.4. The maximum atomic E-state index is 14.2. The van der Waals surface area contributed by atoms with Gasteiger partial charge in [-0.3, -0.25) is 0 Å². The van der Waals surface area contributed by atoms with Gasteiger partial charge in [0.2, 0.25) is 0 Å². The van der Waals surface area contributed by atoms with Crippen LogP contribution in [0.1, 0.15) is 6.42 Å². The number of hydrogen-bond acceptors (Lipinski definition) is 3. The average molecular weight is 615 g/mol. The van der Waals surface area contributed by atoms with Gasteiger partial charge in [-0.05, 0) is 0 Å². The molecule has 0 saturated carbocycles. The van der Waals surface area contributed by atoms with Gasteiger partial charge in [0.15, 0.2) is 0 Å². The Bertz CT molecular complexity index is 1070. The van der Waals surface area contributed by atoms with Crippen molar-refractivity contribution in [2.45, 2.75) is 18.7 Å². The summed E-state index contributed by atoms with van der Waals surface area (Å²) in [5.41, 5.74) is 0.751. The van der Waals surface area contributed by atoms with E-state index in [0.29, 0.717) is 13.0 Å². The first-order valence-corrected chi connectivity index (χ1v) is 18.2. The van der Waals surface area contributed by atoms with Crippen molar-refractivity contribution in [3.63, 3.8) is 0 Å². The predicted molar refractivity (Wildman–Crippen MR) is 143 cm³/mol. The third kappa shape index (κ3) is 6.48. The Labute approximate surface area is 220 Å². The molecule has 0 aromatic heterocycles. The zero-order valence-electron chi connectivity index (χ0n) is 20.7. The molecule has 37 heavy (non-hydrogen) atoms. The Balaban J connectivity index is 1.91. The van der Waals surface area contributed by atoms with Crippen LogP contribution in [0.15, 0.2) is 113 Å². The molecule has 1 saturated heterocycles. The van der Waals surface area contributed by atoms with E-state index >= 15 is 0 Å². The van der Waals surface area contributed by atoms with Gasteiger partial charge in [-0.1, -0.05) is 0 Å². The van der Waals surface area contributed by atoms with Crippen LogP contribution in [0.25, 0.3) is 0 Å². The number of hydrogen-bond donors (Lipinski definition) is 0. The number of benzene rings is 3. The van der Waals surface area contributed by atoms with Crippen molar-refractivity contribution in [2.24, 2.45) is 5.92 Å². The summed E-state index contributed by atoms with van der Waals surface area (Å²) in [7, 11) is 1.54. The first kappa shape index (κ1) is 27.5. The molecule has 4 rings (SSSR count). The van der Waals surface area contributed by atoms with Crippen LogP contribution in [0.3, 0.4) is 0 Å². The predicted octanol–water partition coefficient (Wildman–Crippen LogP) is 4.77. The van der Waals surface area contributed by atoms with Crippen LogP contribution in [0.4, 0.5) is 13.2 Å².